The highest BCUT2D eigenvalue weighted by Crippen LogP contribution is 2.35. The maximum atomic E-state index is 9.99. The molecule has 1 unspecified atom stereocenters. The second kappa shape index (κ2) is 5.58. The summed E-state index contributed by atoms with van der Waals surface area (Å²) in [5.74, 6) is 1.37. The van der Waals surface area contributed by atoms with Gasteiger partial charge in [0.15, 0.2) is 0 Å². The molecule has 1 aromatic heterocycles. The minimum absolute atomic E-state index is 0.319. The number of aromatic nitrogens is 1. The molecule has 3 rings (SSSR count). The SMILES string of the molecule is C=CCc1c(O)ccc2nc(C3=NC(CC)CS3)sc12. The summed E-state index contributed by atoms with van der Waals surface area (Å²) in [5.41, 5.74) is 1.85. The molecule has 0 aliphatic carbocycles. The Labute approximate surface area is 126 Å². The zero-order valence-electron chi connectivity index (χ0n) is 11.3. The summed E-state index contributed by atoms with van der Waals surface area (Å²) in [6.07, 6.45) is 3.54. The molecule has 5 heteroatoms. The Bertz CT molecular complexity index is 690. The van der Waals surface area contributed by atoms with E-state index in [0.717, 1.165) is 38.0 Å². The van der Waals surface area contributed by atoms with Gasteiger partial charge in [0.2, 0.25) is 0 Å². The zero-order valence-corrected chi connectivity index (χ0v) is 12.9. The van der Waals surface area contributed by atoms with Gasteiger partial charge in [0.25, 0.3) is 0 Å². The van der Waals surface area contributed by atoms with Gasteiger partial charge in [0.1, 0.15) is 15.8 Å². The van der Waals surface area contributed by atoms with E-state index in [1.165, 1.54) is 0 Å². The summed E-state index contributed by atoms with van der Waals surface area (Å²) in [6.45, 7) is 5.92. The summed E-state index contributed by atoms with van der Waals surface area (Å²) in [7, 11) is 0. The standard InChI is InChI=1S/C15H16N2OS2/c1-3-5-10-12(18)7-6-11-13(10)20-15(17-11)14-16-9(4-2)8-19-14/h3,6-7,9,18H,1,4-5,8H2,2H3. The van der Waals surface area contributed by atoms with E-state index < -0.39 is 0 Å². The van der Waals surface area contributed by atoms with Gasteiger partial charge in [-0.25, -0.2) is 4.98 Å². The molecule has 104 valence electrons. The smallest absolute Gasteiger partial charge is 0.149 e. The highest BCUT2D eigenvalue weighted by molar-refractivity contribution is 8.15. The fourth-order valence-corrected chi connectivity index (χ4v) is 4.57. The Morgan fingerprint density at radius 3 is 3.05 bits per heavy atom. The van der Waals surface area contributed by atoms with Gasteiger partial charge in [-0.15, -0.1) is 29.7 Å². The Hall–Kier alpha value is -1.33. The van der Waals surface area contributed by atoms with Gasteiger partial charge < -0.3 is 5.11 Å². The lowest BCUT2D eigenvalue weighted by atomic mass is 10.1. The summed E-state index contributed by atoms with van der Waals surface area (Å²) in [6, 6.07) is 4.00. The molecular formula is C15H16N2OS2. The molecule has 1 aliphatic heterocycles. The van der Waals surface area contributed by atoms with Crippen LogP contribution in [0.25, 0.3) is 10.2 Å². The van der Waals surface area contributed by atoms with Gasteiger partial charge in [-0.1, -0.05) is 13.0 Å². The van der Waals surface area contributed by atoms with Crippen molar-refractivity contribution in [2.24, 2.45) is 4.99 Å². The Kier molecular flexibility index (Phi) is 3.81. The average molecular weight is 304 g/mol. The van der Waals surface area contributed by atoms with Crippen molar-refractivity contribution in [3.63, 3.8) is 0 Å². The predicted molar refractivity (Wildman–Crippen MR) is 88.3 cm³/mol. The fourth-order valence-electron chi connectivity index (χ4n) is 2.21. The molecule has 1 aliphatic rings. The Morgan fingerprint density at radius 1 is 1.50 bits per heavy atom. The molecule has 0 amide bonds. The molecule has 2 aromatic rings. The summed E-state index contributed by atoms with van der Waals surface area (Å²) in [5, 5.41) is 12.0. The van der Waals surface area contributed by atoms with E-state index in [1.807, 2.05) is 12.1 Å². The molecule has 0 saturated heterocycles. The Morgan fingerprint density at radius 2 is 2.35 bits per heavy atom. The fraction of sp³-hybridized carbons (Fsp3) is 0.333. The van der Waals surface area contributed by atoms with Crippen LogP contribution in [0.15, 0.2) is 29.8 Å². The van der Waals surface area contributed by atoms with Gasteiger partial charge in [-0.3, -0.25) is 4.99 Å². The van der Waals surface area contributed by atoms with Gasteiger partial charge in [-0.05, 0) is 25.0 Å². The first-order valence-corrected chi connectivity index (χ1v) is 8.46. The quantitative estimate of drug-likeness (QED) is 0.868. The first-order chi connectivity index (χ1) is 9.72. The lowest BCUT2D eigenvalue weighted by Crippen LogP contribution is -1.99. The van der Waals surface area contributed by atoms with E-state index in [4.69, 9.17) is 4.99 Å². The van der Waals surface area contributed by atoms with E-state index in [1.54, 1.807) is 29.2 Å². The van der Waals surface area contributed by atoms with E-state index in [2.05, 4.69) is 18.5 Å². The minimum Gasteiger partial charge on any atom is -0.508 e. The largest absolute Gasteiger partial charge is 0.508 e. The second-order valence-electron chi connectivity index (χ2n) is 4.73. The third-order valence-corrected chi connectivity index (χ3v) is 5.74. The zero-order chi connectivity index (χ0) is 14.1. The molecule has 2 heterocycles. The number of thioether (sulfide) groups is 1. The molecule has 0 saturated carbocycles. The maximum absolute atomic E-state index is 9.99. The van der Waals surface area contributed by atoms with Crippen LogP contribution in [0.1, 0.15) is 23.9 Å². The van der Waals surface area contributed by atoms with E-state index in [9.17, 15) is 5.11 Å². The predicted octanol–water partition coefficient (Wildman–Crippen LogP) is 4.00. The number of fused-ring (bicyclic) bond motifs is 1. The molecule has 0 radical (unpaired) electrons. The van der Waals surface area contributed by atoms with Gasteiger partial charge in [0, 0.05) is 11.3 Å². The van der Waals surface area contributed by atoms with Crippen LogP contribution in [0.5, 0.6) is 5.75 Å². The maximum Gasteiger partial charge on any atom is 0.149 e. The van der Waals surface area contributed by atoms with E-state index in [-0.39, 0.29) is 0 Å². The monoisotopic (exact) mass is 304 g/mol. The Balaban J connectivity index is 2.07. The topological polar surface area (TPSA) is 45.5 Å². The lowest BCUT2D eigenvalue weighted by Gasteiger charge is -2.01. The van der Waals surface area contributed by atoms with Crippen LogP contribution in [0.4, 0.5) is 0 Å². The van der Waals surface area contributed by atoms with E-state index in [0.29, 0.717) is 18.2 Å². The van der Waals surface area contributed by atoms with Crippen LogP contribution in [0, 0.1) is 0 Å². The number of rotatable bonds is 4. The van der Waals surface area contributed by atoms with Crippen molar-refractivity contribution in [1.29, 1.82) is 0 Å². The number of hydrogen-bond acceptors (Lipinski definition) is 5. The van der Waals surface area contributed by atoms with Crippen LogP contribution in [-0.4, -0.2) is 26.9 Å². The number of benzene rings is 1. The number of aromatic hydroxyl groups is 1. The van der Waals surface area contributed by atoms with E-state index >= 15 is 0 Å². The molecule has 1 aromatic carbocycles. The molecule has 3 nitrogen and oxygen atoms in total. The molecular weight excluding hydrogens is 288 g/mol. The molecule has 0 spiro atoms. The minimum atomic E-state index is 0.319. The number of hydrogen-bond donors (Lipinski definition) is 1. The molecule has 20 heavy (non-hydrogen) atoms. The van der Waals surface area contributed by atoms with Crippen molar-refractivity contribution in [3.8, 4) is 5.75 Å². The van der Waals surface area contributed by atoms with Gasteiger partial charge >= 0.3 is 0 Å². The van der Waals surface area contributed by atoms with Crippen LogP contribution < -0.4 is 0 Å². The van der Waals surface area contributed by atoms with Crippen LogP contribution in [0.2, 0.25) is 0 Å². The molecule has 0 fully saturated rings. The number of phenolic OH excluding ortho intramolecular Hbond substituents is 1. The first-order valence-electron chi connectivity index (χ1n) is 6.66. The highest BCUT2D eigenvalue weighted by Gasteiger charge is 2.21. The van der Waals surface area contributed by atoms with Gasteiger partial charge in [-0.2, -0.15) is 0 Å². The summed E-state index contributed by atoms with van der Waals surface area (Å²) in [4.78, 5) is 9.38. The molecule has 0 bridgehead atoms. The number of aliphatic imine (C=N–C) groups is 1. The first kappa shape index (κ1) is 13.6. The lowest BCUT2D eigenvalue weighted by molar-refractivity contribution is 0.471. The van der Waals surface area contributed by atoms with Crippen molar-refractivity contribution < 1.29 is 5.11 Å². The van der Waals surface area contributed by atoms with Crippen molar-refractivity contribution in [2.75, 3.05) is 5.75 Å². The molecule has 1 N–H and O–H groups in total. The van der Waals surface area contributed by atoms with Crippen molar-refractivity contribution in [2.45, 2.75) is 25.8 Å². The molecule has 1 atom stereocenters. The number of allylic oxidation sites excluding steroid dienone is 1. The summed E-state index contributed by atoms with van der Waals surface area (Å²) >= 11 is 3.40. The second-order valence-corrected chi connectivity index (χ2v) is 6.74. The number of thiazole rings is 1. The third kappa shape index (κ3) is 2.36. The van der Waals surface area contributed by atoms with Crippen LogP contribution in [0.3, 0.4) is 0 Å². The normalized spacial score (nSPS) is 18.4. The highest BCUT2D eigenvalue weighted by atomic mass is 32.2. The third-order valence-electron chi connectivity index (χ3n) is 3.35. The average Bonchev–Trinajstić information content (AvgIpc) is 3.07. The van der Waals surface area contributed by atoms with Crippen molar-refractivity contribution in [1.82, 2.24) is 4.98 Å². The number of nitrogens with zero attached hydrogens (tertiary/aromatic N) is 2. The van der Waals surface area contributed by atoms with Crippen LogP contribution >= 0.6 is 23.1 Å². The van der Waals surface area contributed by atoms with Crippen molar-refractivity contribution >= 4 is 38.4 Å². The van der Waals surface area contributed by atoms with Crippen molar-refractivity contribution in [3.05, 3.63) is 35.4 Å². The number of phenols is 1. The van der Waals surface area contributed by atoms with Gasteiger partial charge in [0.05, 0.1) is 16.3 Å². The summed E-state index contributed by atoms with van der Waals surface area (Å²) < 4.78 is 1.04. The van der Waals surface area contributed by atoms with Crippen LogP contribution in [-0.2, 0) is 6.42 Å².